The number of nitrogens with one attached hydrogen (secondary N) is 1. The minimum Gasteiger partial charge on any atom is -0.479 e. The van der Waals surface area contributed by atoms with Crippen LogP contribution < -0.4 is 10.1 Å². The summed E-state index contributed by atoms with van der Waals surface area (Å²) in [5, 5.41) is 14.4. The Morgan fingerprint density at radius 2 is 2.08 bits per heavy atom. The van der Waals surface area contributed by atoms with E-state index in [1.807, 2.05) is 0 Å². The summed E-state index contributed by atoms with van der Waals surface area (Å²) < 4.78 is 99.4. The molecule has 36 heavy (non-hydrogen) atoms. The maximum atomic E-state index is 14.8. The number of fused-ring (bicyclic) bond motifs is 2. The van der Waals surface area contributed by atoms with Crippen molar-refractivity contribution in [2.24, 2.45) is 0 Å². The highest BCUT2D eigenvalue weighted by atomic mass is 19.4. The van der Waals surface area contributed by atoms with Gasteiger partial charge in [0.25, 0.3) is 5.92 Å². The minimum absolute atomic E-state index is 0.0335. The fourth-order valence-electron chi connectivity index (χ4n) is 4.23. The Morgan fingerprint density at radius 1 is 1.28 bits per heavy atom. The maximum absolute atomic E-state index is 14.8. The average molecular weight is 513 g/mol. The highest BCUT2D eigenvalue weighted by Crippen LogP contribution is 2.36. The number of piperidine rings is 1. The Labute approximate surface area is 206 Å². The maximum Gasteiger partial charge on any atom is 0.410 e. The van der Waals surface area contributed by atoms with E-state index in [-0.39, 0.29) is 35.8 Å². The van der Waals surface area contributed by atoms with Crippen molar-refractivity contribution in [2.45, 2.75) is 37.5 Å². The number of benzene rings is 1. The molecule has 2 atom stereocenters. The molecule has 1 aliphatic rings. The zero-order valence-electron chi connectivity index (χ0n) is 22.1. The van der Waals surface area contributed by atoms with Gasteiger partial charge in [0.2, 0.25) is 11.8 Å². The molecule has 3 aromatic heterocycles. The topological polar surface area (TPSA) is 85.4 Å². The molecular weight excluding hydrogens is 487 g/mol. The summed E-state index contributed by atoms with van der Waals surface area (Å²) in [6, 6.07) is 3.02. The first-order chi connectivity index (χ1) is 18.2. The molecule has 192 valence electrons. The molecule has 4 aromatic rings. The first-order valence-corrected chi connectivity index (χ1v) is 10.9. The lowest BCUT2D eigenvalue weighted by Gasteiger charge is -2.36. The van der Waals surface area contributed by atoms with Gasteiger partial charge in [0.15, 0.2) is 0 Å². The molecule has 4 heterocycles. The summed E-state index contributed by atoms with van der Waals surface area (Å²) in [6.45, 7) is -2.67. The molecule has 0 spiro atoms. The number of aromatic nitrogens is 6. The number of anilines is 1. The van der Waals surface area contributed by atoms with Crippen LogP contribution in [0.5, 0.6) is 5.88 Å². The highest BCUT2D eigenvalue weighted by Gasteiger charge is 2.44. The number of ether oxygens (including phenoxy) is 1. The van der Waals surface area contributed by atoms with Gasteiger partial charge in [-0.3, -0.25) is 0 Å². The smallest absolute Gasteiger partial charge is 0.410 e. The molecule has 5 rings (SSSR count). The van der Waals surface area contributed by atoms with Gasteiger partial charge in [0, 0.05) is 22.4 Å². The second-order valence-electron chi connectivity index (χ2n) is 8.59. The van der Waals surface area contributed by atoms with Crippen molar-refractivity contribution in [1.29, 1.82) is 0 Å². The molecule has 9 nitrogen and oxygen atoms in total. The summed E-state index contributed by atoms with van der Waals surface area (Å²) in [4.78, 5) is 4.99. The number of hydrogen-bond donors (Lipinski definition) is 1. The minimum atomic E-state index is -4.53. The normalized spacial score (nSPS) is 21.2. The molecule has 14 heteroatoms. The van der Waals surface area contributed by atoms with Crippen LogP contribution in [0.3, 0.4) is 0 Å². The lowest BCUT2D eigenvalue weighted by Crippen LogP contribution is -2.53. The van der Waals surface area contributed by atoms with Crippen LogP contribution in [-0.2, 0) is 0 Å². The van der Waals surface area contributed by atoms with Crippen LogP contribution in [0.4, 0.5) is 27.9 Å². The van der Waals surface area contributed by atoms with Crippen molar-refractivity contribution in [3.63, 3.8) is 0 Å². The Morgan fingerprint density at radius 3 is 2.78 bits per heavy atom. The zero-order chi connectivity index (χ0) is 28.3. The van der Waals surface area contributed by atoms with Crippen LogP contribution in [0.15, 0.2) is 30.5 Å². The predicted octanol–water partition coefficient (Wildman–Crippen LogP) is 4.02. The summed E-state index contributed by atoms with van der Waals surface area (Å²) in [5.74, 6) is -3.50. The summed E-state index contributed by atoms with van der Waals surface area (Å²) >= 11 is 0. The van der Waals surface area contributed by atoms with Crippen molar-refractivity contribution >= 4 is 22.5 Å². The first-order valence-electron chi connectivity index (χ1n) is 12.4. The number of rotatable bonds is 5. The first kappa shape index (κ1) is 20.6. The molecule has 0 amide bonds. The molecular formula is C22H23F5N8O. The van der Waals surface area contributed by atoms with Crippen LogP contribution in [0, 0.1) is 0 Å². The number of halogens is 5. The third-order valence-electron chi connectivity index (χ3n) is 6.20. The lowest BCUT2D eigenvalue weighted by atomic mass is 10.0. The molecule has 1 fully saturated rings. The second kappa shape index (κ2) is 8.54. The standard InChI is InChI=1S/C22H23F5N8O/c1-12(22(25,26)27)35-16-10-13(4-5-15(16)30-32-35)14-6-9-34-18(14)19(36-3)29-20(31-34)28-17-7-8-33(2)11-21(17,23)24/h4-6,9-10,12,17H,7-8,11H2,1-3H3,(H,28,31)/t12-,17-/m1/s1/i2D3. The fraction of sp³-hybridized carbons (Fsp3) is 0.455. The number of methoxy groups -OCH3 is 1. The SMILES string of the molecule is [2H]C([2H])([2H])N1CC[C@@H](Nc2nc(OC)c3c(-c4ccc5nnn([C@H](C)C(F)(F)F)c5c4)ccn3n2)C(F)(F)C1. The van der Waals surface area contributed by atoms with Crippen LogP contribution in [0.2, 0.25) is 0 Å². The van der Waals surface area contributed by atoms with Crippen LogP contribution >= 0.6 is 0 Å². The van der Waals surface area contributed by atoms with Gasteiger partial charge in [0.1, 0.15) is 17.1 Å². The van der Waals surface area contributed by atoms with E-state index in [4.69, 9.17) is 8.85 Å². The molecule has 0 unspecified atom stereocenters. The van der Waals surface area contributed by atoms with Gasteiger partial charge in [-0.15, -0.1) is 10.2 Å². The van der Waals surface area contributed by atoms with Gasteiger partial charge < -0.3 is 15.0 Å². The average Bonchev–Trinajstić information content (AvgIpc) is 3.46. The van der Waals surface area contributed by atoms with Gasteiger partial charge in [-0.05, 0) is 44.1 Å². The monoisotopic (exact) mass is 513 g/mol. The van der Waals surface area contributed by atoms with E-state index in [2.05, 4.69) is 25.7 Å². The predicted molar refractivity (Wildman–Crippen MR) is 121 cm³/mol. The van der Waals surface area contributed by atoms with Crippen molar-refractivity contribution in [3.05, 3.63) is 30.5 Å². The van der Waals surface area contributed by atoms with Gasteiger partial charge >= 0.3 is 6.18 Å². The van der Waals surface area contributed by atoms with E-state index in [1.54, 1.807) is 12.1 Å². The van der Waals surface area contributed by atoms with E-state index in [9.17, 15) is 22.0 Å². The molecule has 1 saturated heterocycles. The van der Waals surface area contributed by atoms with Crippen molar-refractivity contribution in [1.82, 2.24) is 34.5 Å². The molecule has 0 radical (unpaired) electrons. The lowest BCUT2D eigenvalue weighted by molar-refractivity contribution is -0.164. The van der Waals surface area contributed by atoms with Crippen molar-refractivity contribution in [2.75, 3.05) is 32.5 Å². The highest BCUT2D eigenvalue weighted by molar-refractivity contribution is 5.89. The Kier molecular flexibility index (Phi) is 4.89. The summed E-state index contributed by atoms with van der Waals surface area (Å²) in [6.07, 6.45) is -3.16. The number of alkyl halides is 5. The molecule has 0 bridgehead atoms. The van der Waals surface area contributed by atoms with Gasteiger partial charge in [-0.2, -0.15) is 18.2 Å². The van der Waals surface area contributed by atoms with Gasteiger partial charge in [-0.1, -0.05) is 11.3 Å². The number of likely N-dealkylation sites (tertiary alicyclic amines) is 1. The van der Waals surface area contributed by atoms with E-state index in [0.717, 1.165) is 16.5 Å². The Balaban J connectivity index is 1.48. The molecule has 1 N–H and O–H groups in total. The third-order valence-corrected chi connectivity index (χ3v) is 6.20. The summed E-state index contributed by atoms with van der Waals surface area (Å²) in [7, 11) is 1.33. The van der Waals surface area contributed by atoms with Crippen LogP contribution in [0.1, 0.15) is 23.5 Å². The van der Waals surface area contributed by atoms with E-state index >= 15 is 0 Å². The van der Waals surface area contributed by atoms with Crippen molar-refractivity contribution < 1.29 is 30.8 Å². The summed E-state index contributed by atoms with van der Waals surface area (Å²) in [5.41, 5.74) is 1.83. The molecule has 0 aliphatic carbocycles. The van der Waals surface area contributed by atoms with Crippen LogP contribution in [-0.4, -0.2) is 79.8 Å². The largest absolute Gasteiger partial charge is 0.479 e. The third kappa shape index (κ3) is 4.18. The van der Waals surface area contributed by atoms with Gasteiger partial charge in [0.05, 0.1) is 25.2 Å². The Hall–Kier alpha value is -3.55. The van der Waals surface area contributed by atoms with E-state index in [0.29, 0.717) is 16.6 Å². The quantitative estimate of drug-likeness (QED) is 0.404. The molecule has 1 aromatic carbocycles. The Bertz CT molecular complexity index is 1520. The van der Waals surface area contributed by atoms with Crippen LogP contribution in [0.25, 0.3) is 27.7 Å². The second-order valence-corrected chi connectivity index (χ2v) is 8.59. The van der Waals surface area contributed by atoms with Crippen molar-refractivity contribution in [3.8, 4) is 17.0 Å². The number of hydrogen-bond acceptors (Lipinski definition) is 7. The number of nitrogens with zero attached hydrogens (tertiary/aromatic N) is 7. The van der Waals surface area contributed by atoms with E-state index < -0.39 is 37.7 Å². The molecule has 1 aliphatic heterocycles. The van der Waals surface area contributed by atoms with E-state index in [1.165, 1.54) is 30.0 Å². The van der Waals surface area contributed by atoms with Gasteiger partial charge in [-0.25, -0.2) is 18.0 Å². The molecule has 0 saturated carbocycles. The zero-order valence-corrected chi connectivity index (χ0v) is 19.1. The fourth-order valence-corrected chi connectivity index (χ4v) is 4.23.